The van der Waals surface area contributed by atoms with Gasteiger partial charge in [0.15, 0.2) is 17.7 Å². The molecule has 2 aliphatic heterocycles. The van der Waals surface area contributed by atoms with Crippen LogP contribution in [0.5, 0.6) is 5.75 Å². The molecule has 8 nitrogen and oxygen atoms in total. The van der Waals surface area contributed by atoms with Crippen LogP contribution in [0, 0.1) is 28.9 Å². The molecule has 1 aromatic carbocycles. The molecule has 5 aliphatic rings. The van der Waals surface area contributed by atoms with Gasteiger partial charge in [-0.05, 0) is 37.7 Å². The Morgan fingerprint density at radius 1 is 1.32 bits per heavy atom. The third-order valence-electron chi connectivity index (χ3n) is 8.46. The summed E-state index contributed by atoms with van der Waals surface area (Å²) in [5.74, 6) is -2.57. The van der Waals surface area contributed by atoms with Gasteiger partial charge in [0.05, 0.1) is 18.7 Å². The molecule has 34 heavy (non-hydrogen) atoms. The smallest absolute Gasteiger partial charge is 0.276 e. The van der Waals surface area contributed by atoms with Gasteiger partial charge in [0, 0.05) is 29.3 Å². The average molecular weight is 469 g/mol. The normalized spacial score (nSPS) is 34.5. The maximum Gasteiger partial charge on any atom is 0.276 e. The van der Waals surface area contributed by atoms with E-state index >= 15 is 0 Å². The summed E-state index contributed by atoms with van der Waals surface area (Å²) in [4.78, 5) is 40.9. The highest BCUT2D eigenvalue weighted by atomic mass is 19.1. The van der Waals surface area contributed by atoms with Crippen molar-refractivity contribution in [3.8, 4) is 5.75 Å². The molecule has 2 unspecified atom stereocenters. The lowest BCUT2D eigenvalue weighted by Crippen LogP contribution is -2.65. The summed E-state index contributed by atoms with van der Waals surface area (Å²) in [6, 6.07) is 2.21. The Labute approximate surface area is 192 Å². The topological polar surface area (TPSA) is 101 Å². The Morgan fingerprint density at radius 3 is 2.88 bits per heavy atom. The first kappa shape index (κ1) is 20.1. The fourth-order valence-electron chi connectivity index (χ4n) is 6.78. The number of carbonyl (C=O) groups excluding carboxylic acids is 2. The number of pyridine rings is 1. The number of hydrogen-bond donors (Lipinski definition) is 2. The van der Waals surface area contributed by atoms with E-state index in [1.54, 1.807) is 4.90 Å². The van der Waals surface area contributed by atoms with Crippen molar-refractivity contribution in [1.82, 2.24) is 14.8 Å². The Kier molecular flexibility index (Phi) is 3.69. The molecular weight excluding hydrogens is 448 g/mol. The molecule has 2 aromatic rings. The number of ether oxygens (including phenoxy) is 1. The van der Waals surface area contributed by atoms with E-state index in [4.69, 9.17) is 4.74 Å². The summed E-state index contributed by atoms with van der Waals surface area (Å²) >= 11 is 0. The van der Waals surface area contributed by atoms with Gasteiger partial charge in [0.1, 0.15) is 17.2 Å². The first-order chi connectivity index (χ1) is 16.2. The molecule has 3 heterocycles. The molecule has 1 aromatic heterocycles. The highest BCUT2D eigenvalue weighted by molar-refractivity contribution is 5.99. The van der Waals surface area contributed by atoms with Gasteiger partial charge < -0.3 is 24.6 Å². The summed E-state index contributed by atoms with van der Waals surface area (Å²) in [5.41, 5.74) is -1.39. The molecule has 2 amide bonds. The monoisotopic (exact) mass is 469 g/mol. The number of nitrogens with one attached hydrogen (secondary N) is 1. The van der Waals surface area contributed by atoms with E-state index in [9.17, 15) is 28.3 Å². The fraction of sp³-hybridized carbons (Fsp3) is 0.458. The molecule has 2 N–H and O–H groups in total. The van der Waals surface area contributed by atoms with Crippen LogP contribution in [0.1, 0.15) is 52.2 Å². The summed E-state index contributed by atoms with van der Waals surface area (Å²) in [6.07, 6.45) is 2.89. The second-order valence-electron chi connectivity index (χ2n) is 10.1. The van der Waals surface area contributed by atoms with Crippen LogP contribution in [0.15, 0.2) is 29.2 Å². The number of fused-ring (bicyclic) bond motifs is 5. The lowest BCUT2D eigenvalue weighted by molar-refractivity contribution is -0.174. The average Bonchev–Trinajstić information content (AvgIpc) is 3.67. The maximum atomic E-state index is 14.1. The number of amides is 2. The molecule has 0 radical (unpaired) electrons. The van der Waals surface area contributed by atoms with Gasteiger partial charge in [0.2, 0.25) is 5.43 Å². The zero-order valence-corrected chi connectivity index (χ0v) is 18.1. The van der Waals surface area contributed by atoms with Crippen LogP contribution in [0.25, 0.3) is 0 Å². The van der Waals surface area contributed by atoms with Gasteiger partial charge in [-0.25, -0.2) is 8.78 Å². The quantitative estimate of drug-likeness (QED) is 0.716. The maximum absolute atomic E-state index is 14.1. The number of aromatic nitrogens is 1. The number of aromatic hydroxyl groups is 1. The molecule has 3 aliphatic carbocycles. The van der Waals surface area contributed by atoms with Gasteiger partial charge in [-0.3, -0.25) is 14.4 Å². The summed E-state index contributed by atoms with van der Waals surface area (Å²) in [7, 11) is 0. The van der Waals surface area contributed by atoms with Crippen LogP contribution >= 0.6 is 0 Å². The van der Waals surface area contributed by atoms with Crippen molar-refractivity contribution in [2.24, 2.45) is 17.3 Å². The largest absolute Gasteiger partial charge is 0.503 e. The van der Waals surface area contributed by atoms with Gasteiger partial charge in [-0.15, -0.1) is 0 Å². The van der Waals surface area contributed by atoms with E-state index in [0.29, 0.717) is 17.9 Å². The Morgan fingerprint density at radius 2 is 2.12 bits per heavy atom. The van der Waals surface area contributed by atoms with Crippen LogP contribution in [0.2, 0.25) is 0 Å². The highest BCUT2D eigenvalue weighted by Gasteiger charge is 2.85. The molecule has 0 bridgehead atoms. The van der Waals surface area contributed by atoms with Crippen molar-refractivity contribution in [3.05, 3.63) is 63.1 Å². The third-order valence-corrected chi connectivity index (χ3v) is 8.46. The van der Waals surface area contributed by atoms with Crippen molar-refractivity contribution < 1.29 is 28.2 Å². The van der Waals surface area contributed by atoms with Crippen molar-refractivity contribution in [2.45, 2.75) is 50.7 Å². The first-order valence-electron chi connectivity index (χ1n) is 11.4. The molecule has 7 atom stereocenters. The lowest BCUT2D eigenvalue weighted by atomic mass is 9.73. The minimum atomic E-state index is -0.975. The van der Waals surface area contributed by atoms with Crippen molar-refractivity contribution >= 4 is 11.8 Å². The van der Waals surface area contributed by atoms with Gasteiger partial charge in [-0.1, -0.05) is 6.07 Å². The number of rotatable bonds is 3. The number of nitrogens with zero attached hydrogens (tertiary/aromatic N) is 2. The standard InChI is InChI=1S/C24H21F2N3O5/c1-9(11-3-2-10(25)4-15(11)26)27-22(32)13-7-28-8-17-29(23(33)18(28)20(31)19(13)30)21-12-5-14(12)24(21)6-16(24)34-17/h2-4,7,9,12,14,16-17,21,31H,5-6,8H2,1H3,(H,27,32)/t9-,12+,14-,16?,17+,21?,24-/m1/s1. The van der Waals surface area contributed by atoms with E-state index in [1.165, 1.54) is 23.8 Å². The zero-order chi connectivity index (χ0) is 23.7. The van der Waals surface area contributed by atoms with Gasteiger partial charge >= 0.3 is 0 Å². The summed E-state index contributed by atoms with van der Waals surface area (Å²) in [5, 5.41) is 13.2. The summed E-state index contributed by atoms with van der Waals surface area (Å²) in [6.45, 7) is 1.69. The highest BCUT2D eigenvalue weighted by Crippen LogP contribution is 2.81. The van der Waals surface area contributed by atoms with E-state index in [0.717, 1.165) is 18.9 Å². The molecule has 4 fully saturated rings. The molecule has 3 saturated carbocycles. The van der Waals surface area contributed by atoms with Gasteiger partial charge in [-0.2, -0.15) is 0 Å². The minimum absolute atomic E-state index is 0.0465. The van der Waals surface area contributed by atoms with E-state index in [-0.39, 0.29) is 40.9 Å². The molecule has 176 valence electrons. The van der Waals surface area contributed by atoms with Gasteiger partial charge in [0.25, 0.3) is 11.8 Å². The Bertz CT molecular complexity index is 1380. The molecule has 10 heteroatoms. The Balaban J connectivity index is 1.20. The zero-order valence-electron chi connectivity index (χ0n) is 18.1. The predicted molar refractivity (Wildman–Crippen MR) is 112 cm³/mol. The third kappa shape index (κ3) is 2.36. The van der Waals surface area contributed by atoms with E-state index < -0.39 is 46.9 Å². The summed E-state index contributed by atoms with van der Waals surface area (Å²) < 4.78 is 34.9. The molecule has 7 rings (SSSR count). The van der Waals surface area contributed by atoms with Crippen molar-refractivity contribution in [2.75, 3.05) is 0 Å². The minimum Gasteiger partial charge on any atom is -0.503 e. The van der Waals surface area contributed by atoms with Crippen molar-refractivity contribution in [3.63, 3.8) is 0 Å². The SMILES string of the molecule is C[C@@H](NC(=O)c1cn2c(c(O)c1=O)C(=O)N1C3[C@H]4C[C@H]4[C@@]34CC4O[C@H]1C2)c1ccc(F)cc1F. The number of benzene rings is 1. The predicted octanol–water partition coefficient (Wildman–Crippen LogP) is 1.91. The van der Waals surface area contributed by atoms with E-state index in [1.807, 2.05) is 0 Å². The number of carbonyl (C=O) groups is 2. The van der Waals surface area contributed by atoms with Crippen molar-refractivity contribution in [1.29, 1.82) is 0 Å². The number of halogens is 2. The second-order valence-corrected chi connectivity index (χ2v) is 10.1. The lowest BCUT2D eigenvalue weighted by Gasteiger charge is -2.53. The van der Waals surface area contributed by atoms with E-state index in [2.05, 4.69) is 5.32 Å². The Hall–Kier alpha value is -3.27. The fourth-order valence-corrected chi connectivity index (χ4v) is 6.78. The van der Waals surface area contributed by atoms with Crippen LogP contribution < -0.4 is 10.7 Å². The molecule has 1 saturated heterocycles. The van der Waals surface area contributed by atoms with Crippen LogP contribution in [-0.4, -0.2) is 44.8 Å². The molecule has 1 spiro atoms. The van der Waals surface area contributed by atoms with Crippen LogP contribution in [-0.2, 0) is 11.3 Å². The van der Waals surface area contributed by atoms with Crippen LogP contribution in [0.4, 0.5) is 8.78 Å². The first-order valence-corrected chi connectivity index (χ1v) is 11.4. The van der Waals surface area contributed by atoms with Crippen LogP contribution in [0.3, 0.4) is 0 Å². The number of hydrogen-bond acceptors (Lipinski definition) is 5. The molecular formula is C24H21F2N3O5. The second kappa shape index (κ2) is 6.24.